The van der Waals surface area contributed by atoms with Crippen LogP contribution in [0.25, 0.3) is 5.65 Å². The van der Waals surface area contributed by atoms with Crippen molar-refractivity contribution in [2.24, 2.45) is 0 Å². The van der Waals surface area contributed by atoms with Gasteiger partial charge in [0.2, 0.25) is 0 Å². The maximum absolute atomic E-state index is 13.1. The van der Waals surface area contributed by atoms with E-state index in [1.54, 1.807) is 6.07 Å². The number of aliphatic hydroxyl groups excluding tert-OH is 1. The topological polar surface area (TPSA) is 75.8 Å². The quantitative estimate of drug-likeness (QED) is 0.616. The lowest BCUT2D eigenvalue weighted by Crippen LogP contribution is -2.34. The molecular weight excluding hydrogens is 399 g/mol. The summed E-state index contributed by atoms with van der Waals surface area (Å²) in [6, 6.07) is 11.1. The molecule has 1 saturated heterocycles. The molecule has 1 N–H and O–H groups in total. The summed E-state index contributed by atoms with van der Waals surface area (Å²) in [6.45, 7) is 1.98. The van der Waals surface area contributed by atoms with Crippen molar-refractivity contribution < 1.29 is 23.0 Å². The highest BCUT2D eigenvalue weighted by atomic mass is 19.4. The highest BCUT2D eigenvalue weighted by molar-refractivity contribution is 5.46. The molecule has 3 heterocycles. The number of halogens is 3. The molecule has 0 saturated carbocycles. The molecule has 160 valence electrons. The van der Waals surface area contributed by atoms with Crippen LogP contribution in [0, 0.1) is 0 Å². The number of fused-ring (bicyclic) bond motifs is 1. The van der Waals surface area contributed by atoms with E-state index in [0.717, 1.165) is 23.1 Å². The van der Waals surface area contributed by atoms with Crippen LogP contribution in [0.4, 0.5) is 19.0 Å². The molecule has 0 unspecified atom stereocenters. The van der Waals surface area contributed by atoms with E-state index in [2.05, 4.69) is 15.3 Å². The van der Waals surface area contributed by atoms with Crippen molar-refractivity contribution in [3.63, 3.8) is 0 Å². The van der Waals surface area contributed by atoms with Gasteiger partial charge in [0.25, 0.3) is 5.82 Å². The van der Waals surface area contributed by atoms with E-state index in [9.17, 15) is 13.2 Å². The zero-order valence-corrected chi connectivity index (χ0v) is 16.2. The summed E-state index contributed by atoms with van der Waals surface area (Å²) in [7, 11) is 0. The second kappa shape index (κ2) is 8.47. The number of benzene rings is 1. The molecule has 1 aromatic carbocycles. The third-order valence-electron chi connectivity index (χ3n) is 5.24. The first-order valence-electron chi connectivity index (χ1n) is 9.84. The molecule has 4 rings (SSSR count). The van der Waals surface area contributed by atoms with Crippen LogP contribution in [0.3, 0.4) is 0 Å². The molecule has 30 heavy (non-hydrogen) atoms. The van der Waals surface area contributed by atoms with E-state index in [4.69, 9.17) is 9.84 Å². The van der Waals surface area contributed by atoms with Gasteiger partial charge in [0.15, 0.2) is 5.65 Å². The lowest BCUT2D eigenvalue weighted by Gasteiger charge is -2.33. The van der Waals surface area contributed by atoms with E-state index in [0.29, 0.717) is 37.9 Å². The van der Waals surface area contributed by atoms with E-state index in [1.165, 1.54) is 11.6 Å². The molecule has 0 aliphatic carbocycles. The molecule has 7 nitrogen and oxygen atoms in total. The number of nitrogens with zero attached hydrogens (tertiary/aromatic N) is 5. The lowest BCUT2D eigenvalue weighted by atomic mass is 9.89. The predicted octanol–water partition coefficient (Wildman–Crippen LogP) is 3.29. The van der Waals surface area contributed by atoms with Crippen molar-refractivity contribution in [2.45, 2.75) is 31.4 Å². The van der Waals surface area contributed by atoms with Crippen LogP contribution in [-0.2, 0) is 6.18 Å². The van der Waals surface area contributed by atoms with Gasteiger partial charge in [0, 0.05) is 26.1 Å². The largest absolute Gasteiger partial charge is 0.494 e. The van der Waals surface area contributed by atoms with E-state index >= 15 is 0 Å². The molecule has 10 heteroatoms. The number of anilines is 1. The number of piperidine rings is 1. The fourth-order valence-electron chi connectivity index (χ4n) is 3.66. The van der Waals surface area contributed by atoms with E-state index in [-0.39, 0.29) is 12.3 Å². The van der Waals surface area contributed by atoms with Crippen LogP contribution in [0.1, 0.15) is 36.6 Å². The monoisotopic (exact) mass is 421 g/mol. The average Bonchev–Trinajstić information content (AvgIpc) is 3.18. The summed E-state index contributed by atoms with van der Waals surface area (Å²) < 4.78 is 45.6. The maximum atomic E-state index is 13.1. The van der Waals surface area contributed by atoms with Crippen molar-refractivity contribution in [3.8, 4) is 5.75 Å². The minimum absolute atomic E-state index is 0.0715. The van der Waals surface area contributed by atoms with Crippen molar-refractivity contribution in [1.29, 1.82) is 0 Å². The van der Waals surface area contributed by atoms with Gasteiger partial charge in [-0.25, -0.2) is 0 Å². The molecule has 0 spiro atoms. The van der Waals surface area contributed by atoms with Crippen molar-refractivity contribution >= 4 is 11.5 Å². The smallest absolute Gasteiger partial charge is 0.453 e. The fourth-order valence-corrected chi connectivity index (χ4v) is 3.66. The van der Waals surface area contributed by atoms with Crippen LogP contribution < -0.4 is 9.64 Å². The second-order valence-corrected chi connectivity index (χ2v) is 7.24. The zero-order valence-electron chi connectivity index (χ0n) is 16.2. The Morgan fingerprint density at radius 1 is 1.03 bits per heavy atom. The Morgan fingerprint density at radius 3 is 2.43 bits per heavy atom. The Bertz CT molecular complexity index is 982. The standard InChI is InChI=1S/C20H22F3N5O2/c21-20(22,23)19-25-24-17-6-7-18(26-28(17)19)27-10-8-15(9-11-27)14-2-4-16(5-3-14)30-13-1-12-29/h2-7,15,29H,1,8-13H2. The number of hydrogen-bond donors (Lipinski definition) is 1. The SMILES string of the molecule is OCCCOc1ccc(C2CCN(c3ccc4nnc(C(F)(F)F)n4n3)CC2)cc1. The Labute approximate surface area is 171 Å². The van der Waals surface area contributed by atoms with Crippen LogP contribution >= 0.6 is 0 Å². The van der Waals surface area contributed by atoms with Crippen LogP contribution in [0.2, 0.25) is 0 Å². The maximum Gasteiger partial charge on any atom is 0.453 e. The fraction of sp³-hybridized carbons (Fsp3) is 0.450. The molecule has 2 aromatic heterocycles. The highest BCUT2D eigenvalue weighted by Gasteiger charge is 2.38. The number of hydrogen-bond acceptors (Lipinski definition) is 6. The Kier molecular flexibility index (Phi) is 5.76. The van der Waals surface area contributed by atoms with Crippen LogP contribution in [0.5, 0.6) is 5.75 Å². The molecule has 0 atom stereocenters. The van der Waals surface area contributed by atoms with Crippen molar-refractivity contribution in [1.82, 2.24) is 19.8 Å². The number of aliphatic hydroxyl groups is 1. The summed E-state index contributed by atoms with van der Waals surface area (Å²) in [4.78, 5) is 1.99. The zero-order chi connectivity index (χ0) is 21.1. The molecule has 1 fully saturated rings. The number of aromatic nitrogens is 4. The highest BCUT2D eigenvalue weighted by Crippen LogP contribution is 2.32. The number of alkyl halides is 3. The first-order chi connectivity index (χ1) is 14.5. The predicted molar refractivity (Wildman–Crippen MR) is 104 cm³/mol. The third kappa shape index (κ3) is 4.33. The minimum atomic E-state index is -4.61. The minimum Gasteiger partial charge on any atom is -0.494 e. The van der Waals surface area contributed by atoms with Gasteiger partial charge in [-0.05, 0) is 48.6 Å². The third-order valence-corrected chi connectivity index (χ3v) is 5.24. The van der Waals surface area contributed by atoms with Gasteiger partial charge in [-0.15, -0.1) is 15.3 Å². The second-order valence-electron chi connectivity index (χ2n) is 7.24. The Balaban J connectivity index is 1.41. The lowest BCUT2D eigenvalue weighted by molar-refractivity contribution is -0.146. The molecule has 0 amide bonds. The molecule has 3 aromatic rings. The van der Waals surface area contributed by atoms with Gasteiger partial charge in [0.1, 0.15) is 11.6 Å². The normalized spacial score (nSPS) is 15.7. The summed E-state index contributed by atoms with van der Waals surface area (Å²) >= 11 is 0. The molecule has 1 aliphatic rings. The Morgan fingerprint density at radius 2 is 1.77 bits per heavy atom. The first kappa shape index (κ1) is 20.4. The molecule has 0 radical (unpaired) electrons. The van der Waals surface area contributed by atoms with Gasteiger partial charge in [-0.1, -0.05) is 12.1 Å². The van der Waals surface area contributed by atoms with Crippen LogP contribution in [0.15, 0.2) is 36.4 Å². The van der Waals surface area contributed by atoms with Gasteiger partial charge < -0.3 is 14.7 Å². The summed E-state index contributed by atoms with van der Waals surface area (Å²) in [5.41, 5.74) is 1.29. The average molecular weight is 421 g/mol. The van der Waals surface area contributed by atoms with Gasteiger partial charge >= 0.3 is 6.18 Å². The van der Waals surface area contributed by atoms with Crippen molar-refractivity contribution in [3.05, 3.63) is 47.8 Å². The van der Waals surface area contributed by atoms with Gasteiger partial charge in [-0.3, -0.25) is 0 Å². The molecular formula is C20H22F3N5O2. The summed E-state index contributed by atoms with van der Waals surface area (Å²) in [5, 5.41) is 19.7. The summed E-state index contributed by atoms with van der Waals surface area (Å²) in [6.07, 6.45) is -2.26. The van der Waals surface area contributed by atoms with Gasteiger partial charge in [0.05, 0.1) is 6.61 Å². The molecule has 1 aliphatic heterocycles. The van der Waals surface area contributed by atoms with E-state index in [1.807, 2.05) is 29.2 Å². The van der Waals surface area contributed by atoms with Crippen LogP contribution in [-0.4, -0.2) is 51.2 Å². The van der Waals surface area contributed by atoms with Gasteiger partial charge in [-0.2, -0.15) is 17.7 Å². The van der Waals surface area contributed by atoms with E-state index < -0.39 is 12.0 Å². The summed E-state index contributed by atoms with van der Waals surface area (Å²) in [5.74, 6) is 0.517. The molecule has 0 bridgehead atoms. The van der Waals surface area contributed by atoms with Crippen molar-refractivity contribution in [2.75, 3.05) is 31.2 Å². The number of ether oxygens (including phenoxy) is 1. The Hall–Kier alpha value is -2.88. The first-order valence-corrected chi connectivity index (χ1v) is 9.84. The number of rotatable bonds is 6.